The van der Waals surface area contributed by atoms with E-state index >= 15 is 0 Å². The summed E-state index contributed by atoms with van der Waals surface area (Å²) in [5.41, 5.74) is 4.68. The SMILES string of the molecule is O=C(Cn1cc(/C=N\NC(=O)c2cc3cc([N+](=O)[O-])ccc3s2)c2ccccc21)Nc1ccc(Cl)cc1. The van der Waals surface area contributed by atoms with Crippen LogP contribution in [0, 0.1) is 10.1 Å². The second-order valence-corrected chi connectivity index (χ2v) is 9.59. The Kier molecular flexibility index (Phi) is 6.67. The summed E-state index contributed by atoms with van der Waals surface area (Å²) in [5.74, 6) is -0.629. The molecule has 0 aliphatic carbocycles. The summed E-state index contributed by atoms with van der Waals surface area (Å²) in [6, 6.07) is 20.5. The number of non-ortho nitro benzene ring substituents is 1. The number of nitrogens with zero attached hydrogens (tertiary/aromatic N) is 3. The maximum Gasteiger partial charge on any atom is 0.281 e. The van der Waals surface area contributed by atoms with Gasteiger partial charge in [0.2, 0.25) is 5.91 Å². The monoisotopic (exact) mass is 531 g/mol. The fourth-order valence-electron chi connectivity index (χ4n) is 3.87. The number of amides is 2. The third-order valence-electron chi connectivity index (χ3n) is 5.57. The molecule has 3 aromatic carbocycles. The zero-order valence-electron chi connectivity index (χ0n) is 19.1. The van der Waals surface area contributed by atoms with Crippen LogP contribution in [0.15, 0.2) is 84.1 Å². The van der Waals surface area contributed by atoms with Crippen molar-refractivity contribution in [3.63, 3.8) is 0 Å². The predicted octanol–water partition coefficient (Wildman–Crippen LogP) is 5.82. The molecule has 5 aromatic rings. The Morgan fingerprint density at radius 3 is 2.65 bits per heavy atom. The van der Waals surface area contributed by atoms with Crippen LogP contribution in [0.4, 0.5) is 11.4 Å². The molecule has 0 fully saturated rings. The van der Waals surface area contributed by atoms with Crippen molar-refractivity contribution in [2.45, 2.75) is 6.54 Å². The number of nitrogens with one attached hydrogen (secondary N) is 2. The second kappa shape index (κ2) is 10.2. The van der Waals surface area contributed by atoms with Gasteiger partial charge in [0.1, 0.15) is 6.54 Å². The van der Waals surface area contributed by atoms with Crippen LogP contribution >= 0.6 is 22.9 Å². The molecule has 0 aliphatic rings. The van der Waals surface area contributed by atoms with Gasteiger partial charge < -0.3 is 9.88 Å². The van der Waals surface area contributed by atoms with E-state index in [9.17, 15) is 19.7 Å². The number of hydrogen-bond donors (Lipinski definition) is 2. The van der Waals surface area contributed by atoms with Crippen LogP contribution in [0.5, 0.6) is 0 Å². The van der Waals surface area contributed by atoms with Gasteiger partial charge in [-0.3, -0.25) is 19.7 Å². The lowest BCUT2D eigenvalue weighted by atomic mass is 10.2. The quantitative estimate of drug-likeness (QED) is 0.156. The van der Waals surface area contributed by atoms with Crippen LogP contribution in [0.1, 0.15) is 15.2 Å². The van der Waals surface area contributed by atoms with E-state index < -0.39 is 10.8 Å². The van der Waals surface area contributed by atoms with E-state index in [0.717, 1.165) is 21.2 Å². The molecule has 0 bridgehead atoms. The van der Waals surface area contributed by atoms with Gasteiger partial charge in [-0.25, -0.2) is 5.43 Å². The number of para-hydroxylation sites is 1. The minimum atomic E-state index is -0.473. The maximum atomic E-state index is 12.6. The first-order chi connectivity index (χ1) is 17.9. The van der Waals surface area contributed by atoms with Gasteiger partial charge in [0.15, 0.2) is 0 Å². The van der Waals surface area contributed by atoms with Gasteiger partial charge in [0, 0.05) is 55.6 Å². The molecule has 0 unspecified atom stereocenters. The Labute approximate surface area is 219 Å². The van der Waals surface area contributed by atoms with E-state index in [1.165, 1.54) is 29.7 Å². The number of thiophene rings is 1. The summed E-state index contributed by atoms with van der Waals surface area (Å²) in [7, 11) is 0. The number of halogens is 1. The normalized spacial score (nSPS) is 11.3. The summed E-state index contributed by atoms with van der Waals surface area (Å²) >= 11 is 7.12. The van der Waals surface area contributed by atoms with E-state index in [1.54, 1.807) is 42.6 Å². The largest absolute Gasteiger partial charge is 0.337 e. The number of anilines is 1. The van der Waals surface area contributed by atoms with Gasteiger partial charge in [0.05, 0.1) is 16.0 Å². The lowest BCUT2D eigenvalue weighted by molar-refractivity contribution is -0.384. The zero-order valence-corrected chi connectivity index (χ0v) is 20.6. The fourth-order valence-corrected chi connectivity index (χ4v) is 4.93. The molecule has 2 aromatic heterocycles. The van der Waals surface area contributed by atoms with Gasteiger partial charge >= 0.3 is 0 Å². The molecule has 5 rings (SSSR count). The number of carbonyl (C=O) groups is 2. The number of nitro groups is 1. The maximum absolute atomic E-state index is 12.6. The summed E-state index contributed by atoms with van der Waals surface area (Å²) in [5, 5.41) is 20.0. The van der Waals surface area contributed by atoms with Crippen LogP contribution in [0.2, 0.25) is 5.02 Å². The molecule has 184 valence electrons. The zero-order chi connectivity index (χ0) is 25.9. The van der Waals surface area contributed by atoms with Crippen molar-refractivity contribution in [3.05, 3.63) is 105 Å². The number of benzene rings is 3. The molecule has 2 heterocycles. The minimum Gasteiger partial charge on any atom is -0.337 e. The number of hydrogen-bond acceptors (Lipinski definition) is 6. The Bertz CT molecular complexity index is 1690. The Morgan fingerprint density at radius 2 is 1.86 bits per heavy atom. The molecule has 2 N–H and O–H groups in total. The molecule has 0 saturated heterocycles. The van der Waals surface area contributed by atoms with Gasteiger partial charge in [-0.05, 0) is 42.5 Å². The van der Waals surface area contributed by atoms with Crippen molar-refractivity contribution in [2.24, 2.45) is 5.10 Å². The van der Waals surface area contributed by atoms with Crippen LogP contribution in [-0.2, 0) is 11.3 Å². The third-order valence-corrected chi connectivity index (χ3v) is 6.93. The highest BCUT2D eigenvalue weighted by Gasteiger charge is 2.14. The van der Waals surface area contributed by atoms with Crippen LogP contribution in [0.3, 0.4) is 0 Å². The number of aromatic nitrogens is 1. The standard InChI is InChI=1S/C26H18ClN5O4S/c27-18-5-7-19(8-6-18)29-25(33)15-31-14-17(21-3-1-2-4-22(21)31)13-28-30-26(34)24-12-16-11-20(32(35)36)9-10-23(16)37-24/h1-14H,15H2,(H,29,33)(H,30,34)/b28-13-. The van der Waals surface area contributed by atoms with Gasteiger partial charge in [-0.15, -0.1) is 11.3 Å². The lowest BCUT2D eigenvalue weighted by Crippen LogP contribution is -2.18. The smallest absolute Gasteiger partial charge is 0.281 e. The fraction of sp³-hybridized carbons (Fsp3) is 0.0385. The first-order valence-electron chi connectivity index (χ1n) is 11.0. The number of fused-ring (bicyclic) bond motifs is 2. The summed E-state index contributed by atoms with van der Waals surface area (Å²) in [4.78, 5) is 36.1. The molecule has 0 radical (unpaired) electrons. The summed E-state index contributed by atoms with van der Waals surface area (Å²) in [6.45, 7) is 0.0806. The van der Waals surface area contributed by atoms with Crippen molar-refractivity contribution in [2.75, 3.05) is 5.32 Å². The molecule has 0 spiro atoms. The Morgan fingerprint density at radius 1 is 1.08 bits per heavy atom. The van der Waals surface area contributed by atoms with Gasteiger partial charge in [-0.2, -0.15) is 5.10 Å². The minimum absolute atomic E-state index is 0.0338. The average Bonchev–Trinajstić information content (AvgIpc) is 3.47. The average molecular weight is 532 g/mol. The van der Waals surface area contributed by atoms with Crippen molar-refractivity contribution >= 4 is 73.3 Å². The molecule has 0 aliphatic heterocycles. The van der Waals surface area contributed by atoms with E-state index in [1.807, 2.05) is 28.8 Å². The van der Waals surface area contributed by atoms with Crippen LogP contribution < -0.4 is 10.7 Å². The first-order valence-corrected chi connectivity index (χ1v) is 12.2. The summed E-state index contributed by atoms with van der Waals surface area (Å²) in [6.07, 6.45) is 3.31. The van der Waals surface area contributed by atoms with E-state index in [0.29, 0.717) is 21.0 Å². The number of hydrazone groups is 1. The third kappa shape index (κ3) is 5.35. The molecule has 9 nitrogen and oxygen atoms in total. The molecule has 2 amide bonds. The molecular weight excluding hydrogens is 514 g/mol. The van der Waals surface area contributed by atoms with Crippen molar-refractivity contribution in [1.82, 2.24) is 9.99 Å². The molecule has 0 atom stereocenters. The number of carbonyl (C=O) groups excluding carboxylic acids is 2. The highest BCUT2D eigenvalue weighted by atomic mass is 35.5. The Hall–Kier alpha value is -4.54. The van der Waals surface area contributed by atoms with Gasteiger partial charge in [0.25, 0.3) is 11.6 Å². The molecule has 11 heteroatoms. The van der Waals surface area contributed by atoms with Crippen molar-refractivity contribution in [1.29, 1.82) is 0 Å². The summed E-state index contributed by atoms with van der Waals surface area (Å²) < 4.78 is 2.57. The lowest BCUT2D eigenvalue weighted by Gasteiger charge is -2.07. The van der Waals surface area contributed by atoms with Crippen molar-refractivity contribution in [3.8, 4) is 0 Å². The molecular formula is C26H18ClN5O4S. The van der Waals surface area contributed by atoms with E-state index in [2.05, 4.69) is 15.8 Å². The first kappa shape index (κ1) is 24.2. The van der Waals surface area contributed by atoms with Crippen LogP contribution in [-0.4, -0.2) is 27.5 Å². The highest BCUT2D eigenvalue weighted by Crippen LogP contribution is 2.29. The topological polar surface area (TPSA) is 119 Å². The van der Waals surface area contributed by atoms with E-state index in [4.69, 9.17) is 11.6 Å². The second-order valence-electron chi connectivity index (χ2n) is 8.07. The molecule has 0 saturated carbocycles. The number of rotatable bonds is 7. The van der Waals surface area contributed by atoms with Crippen LogP contribution in [0.25, 0.3) is 21.0 Å². The van der Waals surface area contributed by atoms with Gasteiger partial charge in [-0.1, -0.05) is 29.8 Å². The predicted molar refractivity (Wildman–Crippen MR) is 146 cm³/mol. The number of nitro benzene ring substituents is 1. The highest BCUT2D eigenvalue weighted by molar-refractivity contribution is 7.20. The van der Waals surface area contributed by atoms with Crippen molar-refractivity contribution < 1.29 is 14.5 Å². The van der Waals surface area contributed by atoms with E-state index in [-0.39, 0.29) is 18.1 Å². The Balaban J connectivity index is 1.30. The molecule has 37 heavy (non-hydrogen) atoms.